The molecule has 1 aromatic carbocycles. The Kier molecular flexibility index (Phi) is 4.10. The van der Waals surface area contributed by atoms with Crippen molar-refractivity contribution in [3.05, 3.63) is 29.8 Å². The molecule has 2 unspecified atom stereocenters. The van der Waals surface area contributed by atoms with Crippen molar-refractivity contribution >= 4 is 21.5 Å². The SMILES string of the molecule is CC(C)(C)c1ccccc1NS(=O)(=O)CC12CCC(CC1=O)C2(C)C. The average Bonchev–Trinajstić information content (AvgIpc) is 2.79. The zero-order valence-corrected chi connectivity index (χ0v) is 16.7. The number of hydrogen-bond donors (Lipinski definition) is 1. The number of para-hydroxylation sites is 1. The molecule has 2 atom stereocenters. The van der Waals surface area contributed by atoms with Crippen molar-refractivity contribution in [1.29, 1.82) is 0 Å². The average molecular weight is 364 g/mol. The van der Waals surface area contributed by atoms with E-state index in [0.717, 1.165) is 12.0 Å². The van der Waals surface area contributed by atoms with Gasteiger partial charge in [0, 0.05) is 6.42 Å². The highest BCUT2D eigenvalue weighted by Crippen LogP contribution is 2.64. The second kappa shape index (κ2) is 5.57. The van der Waals surface area contributed by atoms with Crippen LogP contribution in [0.4, 0.5) is 5.69 Å². The van der Waals surface area contributed by atoms with E-state index < -0.39 is 15.4 Å². The molecule has 1 aromatic rings. The number of benzene rings is 1. The number of hydrogen-bond acceptors (Lipinski definition) is 3. The van der Waals surface area contributed by atoms with Crippen molar-refractivity contribution < 1.29 is 13.2 Å². The van der Waals surface area contributed by atoms with Crippen LogP contribution in [0.5, 0.6) is 0 Å². The Morgan fingerprint density at radius 1 is 1.20 bits per heavy atom. The largest absolute Gasteiger partial charge is 0.299 e. The van der Waals surface area contributed by atoms with Gasteiger partial charge in [0.15, 0.2) is 0 Å². The first-order chi connectivity index (χ1) is 11.4. The molecular weight excluding hydrogens is 334 g/mol. The van der Waals surface area contributed by atoms with Crippen molar-refractivity contribution in [3.63, 3.8) is 0 Å². The number of Topliss-reactive ketones (excluding diaryl/α,β-unsaturated/α-hetero) is 1. The van der Waals surface area contributed by atoms with E-state index in [1.54, 1.807) is 6.07 Å². The molecule has 0 aliphatic heterocycles. The molecule has 0 aromatic heterocycles. The van der Waals surface area contributed by atoms with Crippen LogP contribution in [-0.2, 0) is 20.2 Å². The number of fused-ring (bicyclic) bond motifs is 2. The minimum absolute atomic E-state index is 0.110. The van der Waals surface area contributed by atoms with Gasteiger partial charge in [-0.3, -0.25) is 9.52 Å². The standard InChI is InChI=1S/C20H29NO3S/c1-18(2,3)15-8-6-7-9-16(15)21-25(23,24)13-20-11-10-14(12-17(20)22)19(20,4)5/h6-9,14,21H,10-13H2,1-5H3. The van der Waals surface area contributed by atoms with Gasteiger partial charge in [-0.2, -0.15) is 0 Å². The van der Waals surface area contributed by atoms with Gasteiger partial charge < -0.3 is 0 Å². The van der Waals surface area contributed by atoms with Gasteiger partial charge >= 0.3 is 0 Å². The zero-order valence-electron chi connectivity index (χ0n) is 15.8. The van der Waals surface area contributed by atoms with Gasteiger partial charge in [-0.15, -0.1) is 0 Å². The van der Waals surface area contributed by atoms with Crippen molar-refractivity contribution in [2.75, 3.05) is 10.5 Å². The maximum Gasteiger partial charge on any atom is 0.233 e. The first-order valence-electron chi connectivity index (χ1n) is 9.02. The molecule has 25 heavy (non-hydrogen) atoms. The van der Waals surface area contributed by atoms with Crippen LogP contribution in [0.3, 0.4) is 0 Å². The molecule has 2 aliphatic rings. The summed E-state index contributed by atoms with van der Waals surface area (Å²) < 4.78 is 28.8. The molecule has 4 nitrogen and oxygen atoms in total. The van der Waals surface area contributed by atoms with Crippen molar-refractivity contribution in [3.8, 4) is 0 Å². The fourth-order valence-corrected chi connectivity index (χ4v) is 6.77. The monoisotopic (exact) mass is 363 g/mol. The molecule has 0 radical (unpaired) electrons. The van der Waals surface area contributed by atoms with E-state index in [9.17, 15) is 13.2 Å². The summed E-state index contributed by atoms with van der Waals surface area (Å²) in [7, 11) is -3.62. The van der Waals surface area contributed by atoms with Gasteiger partial charge in [-0.25, -0.2) is 8.42 Å². The van der Waals surface area contributed by atoms with Crippen LogP contribution in [0.25, 0.3) is 0 Å². The summed E-state index contributed by atoms with van der Waals surface area (Å²) in [6.07, 6.45) is 2.17. The lowest BCUT2D eigenvalue weighted by atomic mass is 9.70. The lowest BCUT2D eigenvalue weighted by molar-refractivity contribution is -0.128. The van der Waals surface area contributed by atoms with Crippen LogP contribution < -0.4 is 4.72 Å². The molecular formula is C20H29NO3S. The highest BCUT2D eigenvalue weighted by Gasteiger charge is 2.65. The van der Waals surface area contributed by atoms with Gasteiger partial charge in [0.2, 0.25) is 10.0 Å². The lowest BCUT2D eigenvalue weighted by Crippen LogP contribution is -2.43. The Morgan fingerprint density at radius 2 is 1.84 bits per heavy atom. The summed E-state index contributed by atoms with van der Waals surface area (Å²) in [4.78, 5) is 12.6. The Bertz CT molecular complexity index is 804. The Hall–Kier alpha value is -1.36. The van der Waals surface area contributed by atoms with E-state index >= 15 is 0 Å². The van der Waals surface area contributed by atoms with E-state index in [0.29, 0.717) is 24.4 Å². The summed E-state index contributed by atoms with van der Waals surface area (Å²) in [5.74, 6) is 0.334. The number of sulfonamides is 1. The minimum atomic E-state index is -3.62. The second-order valence-corrected chi connectivity index (χ2v) is 11.0. The third kappa shape index (κ3) is 2.90. The van der Waals surface area contributed by atoms with E-state index in [4.69, 9.17) is 0 Å². The smallest absolute Gasteiger partial charge is 0.233 e. The van der Waals surface area contributed by atoms with Crippen molar-refractivity contribution in [2.45, 2.75) is 59.3 Å². The van der Waals surface area contributed by atoms with Gasteiger partial charge in [0.05, 0.1) is 16.9 Å². The Labute approximate surface area is 151 Å². The van der Waals surface area contributed by atoms with Crippen LogP contribution in [0.1, 0.15) is 59.4 Å². The van der Waals surface area contributed by atoms with Crippen LogP contribution in [0, 0.1) is 16.7 Å². The highest BCUT2D eigenvalue weighted by atomic mass is 32.2. The van der Waals surface area contributed by atoms with E-state index in [1.807, 2.05) is 18.2 Å². The third-order valence-corrected chi connectivity index (χ3v) is 7.98. The lowest BCUT2D eigenvalue weighted by Gasteiger charge is -2.36. The van der Waals surface area contributed by atoms with Gasteiger partial charge in [-0.1, -0.05) is 52.8 Å². The van der Waals surface area contributed by atoms with Crippen LogP contribution in [0.15, 0.2) is 24.3 Å². The fourth-order valence-electron chi connectivity index (χ4n) is 4.86. The number of ketones is 1. The van der Waals surface area contributed by atoms with Crippen LogP contribution in [-0.4, -0.2) is 20.0 Å². The molecule has 2 bridgehead atoms. The second-order valence-electron chi connectivity index (χ2n) is 9.32. The van der Waals surface area contributed by atoms with Gasteiger partial charge in [-0.05, 0) is 41.2 Å². The number of anilines is 1. The molecule has 138 valence electrons. The maximum atomic E-state index is 13.0. The van der Waals surface area contributed by atoms with Crippen molar-refractivity contribution in [2.24, 2.45) is 16.7 Å². The minimum Gasteiger partial charge on any atom is -0.299 e. The fraction of sp³-hybridized carbons (Fsp3) is 0.650. The van der Waals surface area contributed by atoms with E-state index in [2.05, 4.69) is 39.3 Å². The topological polar surface area (TPSA) is 63.2 Å². The molecule has 5 heteroatoms. The highest BCUT2D eigenvalue weighted by molar-refractivity contribution is 7.92. The molecule has 0 saturated heterocycles. The summed E-state index contributed by atoms with van der Waals surface area (Å²) in [6.45, 7) is 10.3. The molecule has 2 aliphatic carbocycles. The van der Waals surface area contributed by atoms with Gasteiger partial charge in [0.1, 0.15) is 5.78 Å². The predicted molar refractivity (Wildman–Crippen MR) is 101 cm³/mol. The number of nitrogens with one attached hydrogen (secondary N) is 1. The predicted octanol–water partition coefficient (Wildman–Crippen LogP) is 4.12. The molecule has 3 rings (SSSR count). The van der Waals surface area contributed by atoms with E-state index in [1.165, 1.54) is 0 Å². The first-order valence-corrected chi connectivity index (χ1v) is 10.7. The summed E-state index contributed by atoms with van der Waals surface area (Å²) in [5, 5.41) is 0. The summed E-state index contributed by atoms with van der Waals surface area (Å²) in [6, 6.07) is 7.51. The van der Waals surface area contributed by atoms with Crippen LogP contribution in [0.2, 0.25) is 0 Å². The zero-order chi connectivity index (χ0) is 18.7. The summed E-state index contributed by atoms with van der Waals surface area (Å²) >= 11 is 0. The number of carbonyl (C=O) groups excluding carboxylic acids is 1. The quantitative estimate of drug-likeness (QED) is 0.875. The molecule has 2 fully saturated rings. The molecule has 0 spiro atoms. The normalized spacial score (nSPS) is 28.4. The number of rotatable bonds is 4. The van der Waals surface area contributed by atoms with Crippen molar-refractivity contribution in [1.82, 2.24) is 0 Å². The molecule has 0 heterocycles. The third-order valence-electron chi connectivity index (χ3n) is 6.58. The molecule has 1 N–H and O–H groups in total. The van der Waals surface area contributed by atoms with Crippen LogP contribution >= 0.6 is 0 Å². The van der Waals surface area contributed by atoms with E-state index in [-0.39, 0.29) is 22.4 Å². The maximum absolute atomic E-state index is 13.0. The Morgan fingerprint density at radius 3 is 2.36 bits per heavy atom. The van der Waals surface area contributed by atoms with Gasteiger partial charge in [0.25, 0.3) is 0 Å². The number of carbonyl (C=O) groups is 1. The molecule has 0 amide bonds. The Balaban J connectivity index is 1.91. The summed E-state index contributed by atoms with van der Waals surface area (Å²) in [5.41, 5.74) is 0.419. The first kappa shape index (κ1) is 18.4. The molecule has 2 saturated carbocycles.